The van der Waals surface area contributed by atoms with Gasteiger partial charge in [0.15, 0.2) is 4.80 Å². The van der Waals surface area contributed by atoms with E-state index in [-0.39, 0.29) is 22.8 Å². The summed E-state index contributed by atoms with van der Waals surface area (Å²) >= 11 is 1.57. The molecule has 1 atom stereocenters. The molecule has 0 radical (unpaired) electrons. The van der Waals surface area contributed by atoms with Crippen LogP contribution in [0.4, 0.5) is 0 Å². The quantitative estimate of drug-likeness (QED) is 0.867. The Labute approximate surface area is 164 Å². The summed E-state index contributed by atoms with van der Waals surface area (Å²) in [5.74, 6) is -0.290. The zero-order valence-corrected chi connectivity index (χ0v) is 17.9. The highest BCUT2D eigenvalue weighted by Gasteiger charge is 2.23. The number of aromatic nitrogens is 3. The fourth-order valence-electron chi connectivity index (χ4n) is 2.91. The number of hydrogen-bond acceptors (Lipinski definition) is 4. The number of rotatable bonds is 3. The van der Waals surface area contributed by atoms with Crippen LogP contribution in [0.15, 0.2) is 17.3 Å². The average Bonchev–Trinajstić information content (AvgIpc) is 3.26. The highest BCUT2D eigenvalue weighted by molar-refractivity contribution is 7.09. The van der Waals surface area contributed by atoms with Crippen molar-refractivity contribution in [3.05, 3.63) is 33.3 Å². The van der Waals surface area contributed by atoms with Gasteiger partial charge in [-0.2, -0.15) is 10.1 Å². The second-order valence-electron chi connectivity index (χ2n) is 9.25. The van der Waals surface area contributed by atoms with Crippen molar-refractivity contribution in [2.75, 3.05) is 6.61 Å². The van der Waals surface area contributed by atoms with Crippen LogP contribution in [0.3, 0.4) is 0 Å². The van der Waals surface area contributed by atoms with Gasteiger partial charge in [0.1, 0.15) is 5.69 Å². The van der Waals surface area contributed by atoms with Crippen LogP contribution < -0.4 is 4.80 Å². The van der Waals surface area contributed by atoms with Crippen molar-refractivity contribution in [1.82, 2.24) is 14.8 Å². The van der Waals surface area contributed by atoms with Crippen LogP contribution in [0, 0.1) is 0 Å². The molecule has 0 saturated carbocycles. The number of nitrogens with one attached hydrogen (secondary N) is 1. The van der Waals surface area contributed by atoms with Crippen molar-refractivity contribution in [1.29, 1.82) is 0 Å². The third kappa shape index (κ3) is 4.76. The first kappa shape index (κ1) is 20.0. The smallest absolute Gasteiger partial charge is 0.297 e. The monoisotopic (exact) mass is 390 g/mol. The molecule has 1 fully saturated rings. The molecule has 3 heterocycles. The lowest BCUT2D eigenvalue weighted by molar-refractivity contribution is 0.0948. The van der Waals surface area contributed by atoms with Gasteiger partial charge in [-0.1, -0.05) is 41.5 Å². The van der Waals surface area contributed by atoms with Gasteiger partial charge in [-0.05, 0) is 24.3 Å². The fraction of sp³-hybridized carbons (Fsp3) is 0.650. The Hall–Kier alpha value is -1.73. The van der Waals surface area contributed by atoms with Crippen LogP contribution in [-0.2, 0) is 22.1 Å². The Morgan fingerprint density at radius 2 is 2.07 bits per heavy atom. The summed E-state index contributed by atoms with van der Waals surface area (Å²) < 4.78 is 7.85. The topological polar surface area (TPSA) is 72.3 Å². The first-order valence-corrected chi connectivity index (χ1v) is 10.3. The summed E-state index contributed by atoms with van der Waals surface area (Å²) in [6.45, 7) is 14.3. The van der Waals surface area contributed by atoms with Gasteiger partial charge in [-0.25, -0.2) is 0 Å². The number of aromatic amines is 1. The van der Waals surface area contributed by atoms with Gasteiger partial charge in [-0.15, -0.1) is 11.3 Å². The minimum absolute atomic E-state index is 0.00710. The number of H-pyrrole nitrogens is 1. The molecule has 3 rings (SSSR count). The zero-order valence-electron chi connectivity index (χ0n) is 17.1. The molecule has 1 aliphatic rings. The van der Waals surface area contributed by atoms with Crippen molar-refractivity contribution in [2.45, 2.75) is 77.9 Å². The highest BCUT2D eigenvalue weighted by Crippen LogP contribution is 2.25. The molecule has 0 spiro atoms. The van der Waals surface area contributed by atoms with E-state index in [9.17, 15) is 4.79 Å². The van der Waals surface area contributed by atoms with Crippen molar-refractivity contribution < 1.29 is 9.53 Å². The Balaban J connectivity index is 1.94. The molecule has 1 amide bonds. The van der Waals surface area contributed by atoms with E-state index in [1.165, 1.54) is 4.88 Å². The second-order valence-corrected chi connectivity index (χ2v) is 10.3. The number of nitrogens with zero attached hydrogens (tertiary/aromatic N) is 3. The van der Waals surface area contributed by atoms with Gasteiger partial charge in [0.25, 0.3) is 5.91 Å². The summed E-state index contributed by atoms with van der Waals surface area (Å²) in [7, 11) is 0. The molecule has 148 valence electrons. The highest BCUT2D eigenvalue weighted by atomic mass is 32.1. The lowest BCUT2D eigenvalue weighted by atomic mass is 9.92. The minimum atomic E-state index is -0.290. The summed E-state index contributed by atoms with van der Waals surface area (Å²) in [6.07, 6.45) is 4.46. The SMILES string of the molecule is CC(C)(C)c1cc(C(=O)/N=c2\sc(C(C)(C)C)cn2C[C@H]2CCCO2)[nH]n1. The van der Waals surface area contributed by atoms with Gasteiger partial charge in [-0.3, -0.25) is 9.89 Å². The van der Waals surface area contributed by atoms with E-state index in [2.05, 4.69) is 67.5 Å². The molecule has 0 aliphatic carbocycles. The summed E-state index contributed by atoms with van der Waals surface area (Å²) in [5.41, 5.74) is 1.17. The Kier molecular flexibility index (Phi) is 5.45. The Morgan fingerprint density at radius 3 is 2.63 bits per heavy atom. The van der Waals surface area contributed by atoms with E-state index in [1.807, 2.05) is 0 Å². The summed E-state index contributed by atoms with van der Waals surface area (Å²) in [6, 6.07) is 1.80. The maximum absolute atomic E-state index is 12.7. The summed E-state index contributed by atoms with van der Waals surface area (Å²) in [5, 5.41) is 7.11. The van der Waals surface area contributed by atoms with Crippen LogP contribution in [-0.4, -0.2) is 33.4 Å². The molecule has 0 bridgehead atoms. The van der Waals surface area contributed by atoms with Crippen LogP contribution in [0.5, 0.6) is 0 Å². The van der Waals surface area contributed by atoms with Gasteiger partial charge in [0.05, 0.1) is 18.3 Å². The van der Waals surface area contributed by atoms with Gasteiger partial charge >= 0.3 is 0 Å². The molecule has 0 aromatic carbocycles. The maximum atomic E-state index is 12.7. The van der Waals surface area contributed by atoms with E-state index >= 15 is 0 Å². The Bertz CT molecular complexity index is 871. The van der Waals surface area contributed by atoms with Crippen molar-refractivity contribution in [3.8, 4) is 0 Å². The lowest BCUT2D eigenvalue weighted by Crippen LogP contribution is -2.23. The van der Waals surface area contributed by atoms with Gasteiger partial charge in [0, 0.05) is 23.1 Å². The van der Waals surface area contributed by atoms with E-state index in [0.717, 1.165) is 31.7 Å². The van der Waals surface area contributed by atoms with E-state index in [4.69, 9.17) is 4.74 Å². The predicted octanol–water partition coefficient (Wildman–Crippen LogP) is 3.79. The van der Waals surface area contributed by atoms with E-state index in [1.54, 1.807) is 17.4 Å². The third-order valence-corrected chi connectivity index (χ3v) is 6.10. The van der Waals surface area contributed by atoms with Crippen LogP contribution in [0.1, 0.15) is 75.4 Å². The average molecular weight is 391 g/mol. The van der Waals surface area contributed by atoms with Gasteiger partial charge < -0.3 is 9.30 Å². The second kappa shape index (κ2) is 7.36. The first-order valence-electron chi connectivity index (χ1n) is 9.51. The van der Waals surface area contributed by atoms with Crippen LogP contribution in [0.25, 0.3) is 0 Å². The van der Waals surface area contributed by atoms with Crippen molar-refractivity contribution in [3.63, 3.8) is 0 Å². The zero-order chi connectivity index (χ0) is 19.8. The molecule has 27 heavy (non-hydrogen) atoms. The molecule has 1 aliphatic heterocycles. The van der Waals surface area contributed by atoms with Gasteiger partial charge in [0.2, 0.25) is 0 Å². The Morgan fingerprint density at radius 1 is 1.33 bits per heavy atom. The minimum Gasteiger partial charge on any atom is -0.376 e. The number of ether oxygens (including phenoxy) is 1. The molecule has 0 unspecified atom stereocenters. The first-order chi connectivity index (χ1) is 12.5. The van der Waals surface area contributed by atoms with E-state index < -0.39 is 0 Å². The molecular formula is C20H30N4O2S. The molecule has 1 saturated heterocycles. The standard InChI is InChI=1S/C20H30N4O2S/c1-19(2,3)15-10-14(22-23-15)17(25)21-18-24(11-13-8-7-9-26-13)12-16(27-18)20(4,5)6/h10,12-13H,7-9,11H2,1-6H3,(H,22,23)/b21-18-/t13-/m1/s1. The van der Waals surface area contributed by atoms with E-state index in [0.29, 0.717) is 10.5 Å². The normalized spacial score (nSPS) is 19.0. The fourth-order valence-corrected chi connectivity index (χ4v) is 3.97. The predicted molar refractivity (Wildman–Crippen MR) is 107 cm³/mol. The maximum Gasteiger partial charge on any atom is 0.297 e. The molecule has 6 nitrogen and oxygen atoms in total. The lowest BCUT2D eigenvalue weighted by Gasteiger charge is -2.15. The molecule has 2 aromatic rings. The van der Waals surface area contributed by atoms with Crippen molar-refractivity contribution in [2.24, 2.45) is 4.99 Å². The van der Waals surface area contributed by atoms with Crippen LogP contribution >= 0.6 is 11.3 Å². The number of hydrogen-bond donors (Lipinski definition) is 1. The number of thiazole rings is 1. The van der Waals surface area contributed by atoms with Crippen LogP contribution in [0.2, 0.25) is 0 Å². The largest absolute Gasteiger partial charge is 0.376 e. The number of carbonyl (C=O) groups is 1. The molecule has 1 N–H and O–H groups in total. The molecule has 7 heteroatoms. The number of amides is 1. The van der Waals surface area contributed by atoms with Crippen molar-refractivity contribution >= 4 is 17.2 Å². The number of carbonyl (C=O) groups excluding carboxylic acids is 1. The molecular weight excluding hydrogens is 360 g/mol. The summed E-state index contributed by atoms with van der Waals surface area (Å²) in [4.78, 5) is 19.1. The molecule has 2 aromatic heterocycles. The third-order valence-electron chi connectivity index (χ3n) is 4.66.